The molecule has 0 spiro atoms. The minimum absolute atomic E-state index is 0.0611. The average Bonchev–Trinajstić information content (AvgIpc) is 3.17. The first kappa shape index (κ1) is 19.1. The predicted octanol–water partition coefficient (Wildman–Crippen LogP) is 3.99. The van der Waals surface area contributed by atoms with E-state index in [0.717, 1.165) is 49.9 Å². The Bertz CT molecular complexity index is 956. The van der Waals surface area contributed by atoms with Gasteiger partial charge in [0.25, 0.3) is 0 Å². The number of rotatable bonds is 5. The summed E-state index contributed by atoms with van der Waals surface area (Å²) >= 11 is 0. The lowest BCUT2D eigenvalue weighted by Crippen LogP contribution is -2.38. The number of sulfonamides is 1. The van der Waals surface area contributed by atoms with Crippen molar-refractivity contribution in [1.29, 1.82) is 0 Å². The van der Waals surface area contributed by atoms with Crippen molar-refractivity contribution in [3.63, 3.8) is 0 Å². The summed E-state index contributed by atoms with van der Waals surface area (Å²) < 4.78 is 46.5. The Labute approximate surface area is 163 Å². The molecule has 1 aromatic carbocycles. The number of nitrogens with one attached hydrogen (secondary N) is 1. The number of hydrogen-bond donors (Lipinski definition) is 1. The highest BCUT2D eigenvalue weighted by atomic mass is 32.2. The molecule has 0 unspecified atom stereocenters. The minimum atomic E-state index is -3.79. The second-order valence-electron chi connectivity index (χ2n) is 7.13. The van der Waals surface area contributed by atoms with Gasteiger partial charge in [0, 0.05) is 12.2 Å². The van der Waals surface area contributed by atoms with Crippen LogP contribution in [-0.4, -0.2) is 29.5 Å². The molecule has 28 heavy (non-hydrogen) atoms. The zero-order valence-corrected chi connectivity index (χ0v) is 16.3. The van der Waals surface area contributed by atoms with Gasteiger partial charge in [-0.05, 0) is 62.8 Å². The maximum Gasteiger partial charge on any atom is 0.319 e. The van der Waals surface area contributed by atoms with Gasteiger partial charge >= 0.3 is 6.01 Å². The molecule has 4 rings (SSSR count). The van der Waals surface area contributed by atoms with Gasteiger partial charge in [0.05, 0.1) is 4.90 Å². The van der Waals surface area contributed by atoms with Crippen molar-refractivity contribution < 1.29 is 17.2 Å². The number of hydrogen-bond acceptors (Lipinski definition) is 6. The Morgan fingerprint density at radius 3 is 2.68 bits per heavy atom. The molecule has 1 aromatic heterocycles. The summed E-state index contributed by atoms with van der Waals surface area (Å²) in [5.41, 5.74) is 1.06. The highest BCUT2D eigenvalue weighted by Gasteiger charge is 2.37. The van der Waals surface area contributed by atoms with Gasteiger partial charge in [-0.2, -0.15) is 4.31 Å². The number of anilines is 1. The van der Waals surface area contributed by atoms with Gasteiger partial charge in [-0.25, -0.2) is 12.8 Å². The topological polar surface area (TPSA) is 88.3 Å². The maximum absolute atomic E-state index is 13.2. The van der Waals surface area contributed by atoms with Crippen LogP contribution in [0.2, 0.25) is 0 Å². The van der Waals surface area contributed by atoms with Crippen LogP contribution < -0.4 is 5.32 Å². The molecule has 2 aliphatic rings. The third-order valence-corrected chi connectivity index (χ3v) is 7.08. The Kier molecular flexibility index (Phi) is 5.45. The van der Waals surface area contributed by atoms with E-state index in [1.165, 1.54) is 22.9 Å². The van der Waals surface area contributed by atoms with Crippen molar-refractivity contribution in [2.45, 2.75) is 55.9 Å². The fourth-order valence-electron chi connectivity index (χ4n) is 3.69. The molecular formula is C19H23FN4O3S. The van der Waals surface area contributed by atoms with Gasteiger partial charge in [0.2, 0.25) is 15.9 Å². The molecule has 0 amide bonds. The third kappa shape index (κ3) is 3.95. The fourth-order valence-corrected chi connectivity index (χ4v) is 5.34. The number of aromatic nitrogens is 2. The van der Waals surface area contributed by atoms with E-state index >= 15 is 0 Å². The van der Waals surface area contributed by atoms with Gasteiger partial charge in [0.1, 0.15) is 11.9 Å². The van der Waals surface area contributed by atoms with E-state index in [1.807, 2.05) is 0 Å². The quantitative estimate of drug-likeness (QED) is 0.808. The minimum Gasteiger partial charge on any atom is -0.406 e. The van der Waals surface area contributed by atoms with Crippen molar-refractivity contribution in [2.24, 2.45) is 0 Å². The molecule has 7 nitrogen and oxygen atoms in total. The van der Waals surface area contributed by atoms with Crippen molar-refractivity contribution in [2.75, 3.05) is 11.9 Å². The zero-order chi connectivity index (χ0) is 19.6. The number of nitrogens with zero attached hydrogens (tertiary/aromatic N) is 3. The normalized spacial score (nSPS) is 21.3. The van der Waals surface area contributed by atoms with Crippen molar-refractivity contribution >= 4 is 16.0 Å². The first-order valence-corrected chi connectivity index (χ1v) is 11.0. The Balaban J connectivity index is 1.57. The van der Waals surface area contributed by atoms with Gasteiger partial charge in [-0.3, -0.25) is 0 Å². The molecule has 2 aromatic rings. The van der Waals surface area contributed by atoms with Gasteiger partial charge in [-0.1, -0.05) is 17.6 Å². The first-order chi connectivity index (χ1) is 13.5. The number of benzene rings is 1. The second-order valence-corrected chi connectivity index (χ2v) is 9.02. The van der Waals surface area contributed by atoms with Crippen LogP contribution in [0.1, 0.15) is 56.9 Å². The average molecular weight is 406 g/mol. The standard InChI is InChI=1S/C19H23FN4O3S/c20-14-9-11-16(12-10-14)28(25,26)24-13-5-4-8-17(24)18-22-23-19(27-18)21-15-6-2-1-3-7-15/h6,9-12,17H,1-5,7-8,13H2,(H,21,23)/t17-/m0/s1. The van der Waals surface area contributed by atoms with Crippen molar-refractivity contribution in [3.05, 3.63) is 47.7 Å². The molecule has 9 heteroatoms. The molecule has 1 saturated heterocycles. The van der Waals surface area contributed by atoms with Crippen LogP contribution in [0.25, 0.3) is 0 Å². The molecule has 1 atom stereocenters. The van der Waals surface area contributed by atoms with Gasteiger partial charge in [0.15, 0.2) is 0 Å². The monoisotopic (exact) mass is 406 g/mol. The summed E-state index contributed by atoms with van der Waals surface area (Å²) in [5, 5.41) is 11.3. The molecule has 1 aliphatic carbocycles. The highest BCUT2D eigenvalue weighted by Crippen LogP contribution is 2.35. The van der Waals surface area contributed by atoms with E-state index in [2.05, 4.69) is 21.6 Å². The maximum atomic E-state index is 13.2. The molecule has 2 heterocycles. The summed E-state index contributed by atoms with van der Waals surface area (Å²) in [5.74, 6) is -0.192. The molecule has 150 valence electrons. The first-order valence-electron chi connectivity index (χ1n) is 9.61. The Hall–Kier alpha value is -2.26. The van der Waals surface area contributed by atoms with Crippen LogP contribution >= 0.6 is 0 Å². The summed E-state index contributed by atoms with van der Waals surface area (Å²) in [4.78, 5) is 0.0611. The van der Waals surface area contributed by atoms with Crippen molar-refractivity contribution in [1.82, 2.24) is 14.5 Å². The predicted molar refractivity (Wildman–Crippen MR) is 101 cm³/mol. The molecule has 0 bridgehead atoms. The molecule has 1 N–H and O–H groups in total. The lowest BCUT2D eigenvalue weighted by molar-refractivity contribution is 0.220. The Morgan fingerprint density at radius 1 is 1.11 bits per heavy atom. The molecule has 1 fully saturated rings. The summed E-state index contributed by atoms with van der Waals surface area (Å²) in [6, 6.07) is 4.64. The Morgan fingerprint density at radius 2 is 1.93 bits per heavy atom. The molecule has 1 aliphatic heterocycles. The SMILES string of the molecule is O=S(=O)(c1ccc(F)cc1)N1CCCC[C@H]1c1nnc(NC2=CCCCC2)o1. The van der Waals surface area contributed by atoms with Crippen LogP contribution in [0.4, 0.5) is 10.4 Å². The van der Waals surface area contributed by atoms with E-state index in [9.17, 15) is 12.8 Å². The number of halogens is 1. The van der Waals surface area contributed by atoms with E-state index in [0.29, 0.717) is 13.0 Å². The fraction of sp³-hybridized carbons (Fsp3) is 0.474. The van der Waals surface area contributed by atoms with Gasteiger partial charge < -0.3 is 9.73 Å². The van der Waals surface area contributed by atoms with E-state index < -0.39 is 21.9 Å². The van der Waals surface area contributed by atoms with E-state index in [1.54, 1.807) is 0 Å². The van der Waals surface area contributed by atoms with Crippen LogP contribution in [-0.2, 0) is 10.0 Å². The lowest BCUT2D eigenvalue weighted by Gasteiger charge is -2.32. The number of allylic oxidation sites excluding steroid dienone is 2. The summed E-state index contributed by atoms with van der Waals surface area (Å²) in [7, 11) is -3.79. The highest BCUT2D eigenvalue weighted by molar-refractivity contribution is 7.89. The van der Waals surface area contributed by atoms with Crippen LogP contribution in [0, 0.1) is 5.82 Å². The summed E-state index contributed by atoms with van der Waals surface area (Å²) in [6.45, 7) is 0.362. The second kappa shape index (κ2) is 8.00. The van der Waals surface area contributed by atoms with Crippen LogP contribution in [0.5, 0.6) is 0 Å². The van der Waals surface area contributed by atoms with Crippen molar-refractivity contribution in [3.8, 4) is 0 Å². The largest absolute Gasteiger partial charge is 0.406 e. The zero-order valence-electron chi connectivity index (χ0n) is 15.5. The van der Waals surface area contributed by atoms with Gasteiger partial charge in [-0.15, -0.1) is 5.10 Å². The smallest absolute Gasteiger partial charge is 0.319 e. The third-order valence-electron chi connectivity index (χ3n) is 5.16. The van der Waals surface area contributed by atoms with E-state index in [4.69, 9.17) is 4.42 Å². The molecule has 0 radical (unpaired) electrons. The molecule has 0 saturated carbocycles. The van der Waals surface area contributed by atoms with Crippen LogP contribution in [0.3, 0.4) is 0 Å². The van der Waals surface area contributed by atoms with Crippen LogP contribution in [0.15, 0.2) is 45.4 Å². The lowest BCUT2D eigenvalue weighted by atomic mass is 10.1. The van der Waals surface area contributed by atoms with E-state index in [-0.39, 0.29) is 16.8 Å². The molecular weight excluding hydrogens is 383 g/mol. The summed E-state index contributed by atoms with van der Waals surface area (Å²) in [6.07, 6.45) is 8.61. The number of piperidine rings is 1.